The predicted octanol–water partition coefficient (Wildman–Crippen LogP) is 5.63. The van der Waals surface area contributed by atoms with Crippen LogP contribution in [0.15, 0.2) is 47.5 Å². The van der Waals surface area contributed by atoms with Crippen molar-refractivity contribution < 1.29 is 0 Å². The molecule has 0 saturated carbocycles. The van der Waals surface area contributed by atoms with Crippen molar-refractivity contribution >= 4 is 28.7 Å². The average molecular weight is 323 g/mol. The highest BCUT2D eigenvalue weighted by molar-refractivity contribution is 6.30. The Morgan fingerprint density at radius 2 is 2.00 bits per heavy atom. The Morgan fingerprint density at radius 3 is 2.83 bits per heavy atom. The minimum Gasteiger partial charge on any atom is -0.356 e. The highest BCUT2D eigenvalue weighted by Gasteiger charge is 2.23. The zero-order valence-electron chi connectivity index (χ0n) is 13.1. The van der Waals surface area contributed by atoms with Crippen molar-refractivity contribution in [3.63, 3.8) is 0 Å². The SMILES string of the molecule is Cc1ccc2[nH]c3c(c2c1)CCCC3N=Cc1ccc(Cl)cc1. The highest BCUT2D eigenvalue weighted by atomic mass is 35.5. The second kappa shape index (κ2) is 5.86. The second-order valence-corrected chi connectivity index (χ2v) is 6.74. The number of aromatic amines is 1. The van der Waals surface area contributed by atoms with Crippen molar-refractivity contribution in [2.75, 3.05) is 0 Å². The molecule has 2 aromatic carbocycles. The van der Waals surface area contributed by atoms with E-state index in [1.54, 1.807) is 0 Å². The van der Waals surface area contributed by atoms with Gasteiger partial charge in [0.1, 0.15) is 0 Å². The lowest BCUT2D eigenvalue weighted by Gasteiger charge is -2.19. The Bertz CT molecular complexity index is 875. The van der Waals surface area contributed by atoms with Crippen LogP contribution >= 0.6 is 11.6 Å². The van der Waals surface area contributed by atoms with Crippen LogP contribution in [0.2, 0.25) is 5.02 Å². The van der Waals surface area contributed by atoms with Crippen LogP contribution in [0.1, 0.15) is 41.3 Å². The lowest BCUT2D eigenvalue weighted by molar-refractivity contribution is 0.566. The topological polar surface area (TPSA) is 28.1 Å². The van der Waals surface area contributed by atoms with Gasteiger partial charge in [0.05, 0.1) is 6.04 Å². The summed E-state index contributed by atoms with van der Waals surface area (Å²) in [5.41, 5.74) is 6.38. The van der Waals surface area contributed by atoms with Crippen LogP contribution in [-0.2, 0) is 6.42 Å². The fourth-order valence-corrected chi connectivity index (χ4v) is 3.55. The Hall–Kier alpha value is -2.06. The number of fused-ring (bicyclic) bond motifs is 3. The molecule has 2 nitrogen and oxygen atoms in total. The summed E-state index contributed by atoms with van der Waals surface area (Å²) in [7, 11) is 0. The number of halogens is 1. The van der Waals surface area contributed by atoms with Crippen LogP contribution in [0, 0.1) is 6.92 Å². The molecule has 3 aromatic rings. The monoisotopic (exact) mass is 322 g/mol. The van der Waals surface area contributed by atoms with Gasteiger partial charge in [-0.3, -0.25) is 4.99 Å². The molecule has 1 unspecified atom stereocenters. The number of nitrogens with one attached hydrogen (secondary N) is 1. The molecule has 3 heteroatoms. The Labute approximate surface area is 141 Å². The summed E-state index contributed by atoms with van der Waals surface area (Å²) in [5.74, 6) is 0. The van der Waals surface area contributed by atoms with E-state index in [-0.39, 0.29) is 6.04 Å². The molecule has 0 aliphatic heterocycles. The number of aliphatic imine (C=N–C) groups is 1. The third kappa shape index (κ3) is 2.79. The number of nitrogens with zero attached hydrogens (tertiary/aromatic N) is 1. The summed E-state index contributed by atoms with van der Waals surface area (Å²) < 4.78 is 0. The van der Waals surface area contributed by atoms with Gasteiger partial charge in [-0.15, -0.1) is 0 Å². The second-order valence-electron chi connectivity index (χ2n) is 6.30. The first-order valence-electron chi connectivity index (χ1n) is 8.10. The molecule has 0 bridgehead atoms. The maximum Gasteiger partial charge on any atom is 0.0900 e. The van der Waals surface area contributed by atoms with E-state index in [0.29, 0.717) is 0 Å². The summed E-state index contributed by atoms with van der Waals surface area (Å²) in [6.07, 6.45) is 5.40. The maximum absolute atomic E-state index is 5.94. The minimum absolute atomic E-state index is 0.224. The van der Waals surface area contributed by atoms with Crippen LogP contribution < -0.4 is 0 Å². The fourth-order valence-electron chi connectivity index (χ4n) is 3.43. The molecule has 0 spiro atoms. The lowest BCUT2D eigenvalue weighted by Crippen LogP contribution is -2.07. The maximum atomic E-state index is 5.94. The summed E-state index contributed by atoms with van der Waals surface area (Å²) in [6, 6.07) is 14.7. The van der Waals surface area contributed by atoms with Gasteiger partial charge in [0, 0.05) is 27.8 Å². The van der Waals surface area contributed by atoms with Crippen LogP contribution in [0.4, 0.5) is 0 Å². The van der Waals surface area contributed by atoms with E-state index in [2.05, 4.69) is 30.1 Å². The molecule has 4 rings (SSSR count). The van der Waals surface area contributed by atoms with Gasteiger partial charge in [0.15, 0.2) is 0 Å². The van der Waals surface area contributed by atoms with Crippen molar-refractivity contribution in [3.05, 3.63) is 69.9 Å². The Morgan fingerprint density at radius 1 is 1.17 bits per heavy atom. The zero-order valence-corrected chi connectivity index (χ0v) is 13.9. The molecule has 1 aromatic heterocycles. The van der Waals surface area contributed by atoms with Crippen molar-refractivity contribution in [2.24, 2.45) is 4.99 Å². The van der Waals surface area contributed by atoms with E-state index in [9.17, 15) is 0 Å². The van der Waals surface area contributed by atoms with Gasteiger partial charge in [0.2, 0.25) is 0 Å². The van der Waals surface area contributed by atoms with Crippen LogP contribution in [0.5, 0.6) is 0 Å². The molecule has 23 heavy (non-hydrogen) atoms. The van der Waals surface area contributed by atoms with Crippen LogP contribution in [-0.4, -0.2) is 11.2 Å². The van der Waals surface area contributed by atoms with Crippen LogP contribution in [0.25, 0.3) is 10.9 Å². The zero-order chi connectivity index (χ0) is 15.8. The molecular formula is C20H19ClN2. The van der Waals surface area contributed by atoms with Crippen molar-refractivity contribution in [1.82, 2.24) is 4.98 Å². The molecule has 0 fully saturated rings. The van der Waals surface area contributed by atoms with E-state index in [4.69, 9.17) is 16.6 Å². The first kappa shape index (κ1) is 14.5. The van der Waals surface area contributed by atoms with Gasteiger partial charge >= 0.3 is 0 Å². The first-order chi connectivity index (χ1) is 11.2. The molecule has 1 aliphatic rings. The number of H-pyrrole nitrogens is 1. The molecule has 116 valence electrons. The third-order valence-corrected chi connectivity index (χ3v) is 4.86. The summed E-state index contributed by atoms with van der Waals surface area (Å²) in [6.45, 7) is 2.15. The average Bonchev–Trinajstić information content (AvgIpc) is 2.93. The molecule has 1 heterocycles. The molecule has 0 radical (unpaired) electrons. The number of aromatic nitrogens is 1. The van der Waals surface area contributed by atoms with Crippen molar-refractivity contribution in [3.8, 4) is 0 Å². The van der Waals surface area contributed by atoms with Crippen LogP contribution in [0.3, 0.4) is 0 Å². The number of hydrogen-bond acceptors (Lipinski definition) is 1. The van der Waals surface area contributed by atoms with Gasteiger partial charge in [-0.25, -0.2) is 0 Å². The van der Waals surface area contributed by atoms with E-state index in [1.807, 2.05) is 30.5 Å². The van der Waals surface area contributed by atoms with E-state index < -0.39 is 0 Å². The molecule has 1 aliphatic carbocycles. The summed E-state index contributed by atoms with van der Waals surface area (Å²) in [4.78, 5) is 8.45. The molecule has 1 atom stereocenters. The molecule has 0 amide bonds. The Kier molecular flexibility index (Phi) is 3.70. The van der Waals surface area contributed by atoms with Gasteiger partial charge in [-0.1, -0.05) is 35.4 Å². The van der Waals surface area contributed by atoms with E-state index in [0.717, 1.165) is 23.4 Å². The van der Waals surface area contributed by atoms with Gasteiger partial charge < -0.3 is 4.98 Å². The van der Waals surface area contributed by atoms with Crippen molar-refractivity contribution in [1.29, 1.82) is 0 Å². The molecule has 1 N–H and O–H groups in total. The third-order valence-electron chi connectivity index (χ3n) is 4.61. The predicted molar refractivity (Wildman–Crippen MR) is 97.8 cm³/mol. The van der Waals surface area contributed by atoms with Gasteiger partial charge in [0.25, 0.3) is 0 Å². The number of aryl methyl sites for hydroxylation is 2. The Balaban J connectivity index is 1.70. The number of rotatable bonds is 2. The van der Waals surface area contributed by atoms with E-state index in [1.165, 1.54) is 34.1 Å². The normalized spacial score (nSPS) is 17.7. The number of benzene rings is 2. The summed E-state index contributed by atoms with van der Waals surface area (Å²) >= 11 is 5.94. The quantitative estimate of drug-likeness (QED) is 0.593. The standard InChI is InChI=1S/C20H19ClN2/c1-13-5-10-18-17(11-13)16-3-2-4-19(20(16)23-18)22-12-14-6-8-15(21)9-7-14/h5-12,19,23H,2-4H2,1H3. The molecular weight excluding hydrogens is 304 g/mol. The van der Waals surface area contributed by atoms with Gasteiger partial charge in [-0.05, 0) is 61.6 Å². The number of hydrogen-bond donors (Lipinski definition) is 1. The minimum atomic E-state index is 0.224. The summed E-state index contributed by atoms with van der Waals surface area (Å²) in [5, 5.41) is 2.12. The van der Waals surface area contributed by atoms with Gasteiger partial charge in [-0.2, -0.15) is 0 Å². The first-order valence-corrected chi connectivity index (χ1v) is 8.48. The van der Waals surface area contributed by atoms with E-state index >= 15 is 0 Å². The lowest BCUT2D eigenvalue weighted by atomic mass is 9.92. The smallest absolute Gasteiger partial charge is 0.0900 e. The fraction of sp³-hybridized carbons (Fsp3) is 0.250. The largest absolute Gasteiger partial charge is 0.356 e. The molecule has 0 saturated heterocycles. The van der Waals surface area contributed by atoms with Crippen molar-refractivity contribution in [2.45, 2.75) is 32.2 Å². The highest BCUT2D eigenvalue weighted by Crippen LogP contribution is 2.37.